The molecular weight excluding hydrogens is 414 g/mol. The Morgan fingerprint density at radius 2 is 1.68 bits per heavy atom. The van der Waals surface area contributed by atoms with Gasteiger partial charge in [-0.15, -0.1) is 0 Å². The Morgan fingerprint density at radius 3 is 2.26 bits per heavy atom. The zero-order valence-corrected chi connectivity index (χ0v) is 16.2. The number of carboxylic acids is 1. The number of amides is 3. The van der Waals surface area contributed by atoms with Crippen molar-refractivity contribution >= 4 is 35.1 Å². The van der Waals surface area contributed by atoms with Gasteiger partial charge in [-0.25, -0.2) is 4.79 Å². The highest BCUT2D eigenvalue weighted by Crippen LogP contribution is 2.33. The molecule has 0 radical (unpaired) electrons. The van der Waals surface area contributed by atoms with Gasteiger partial charge in [0.05, 0.1) is 41.5 Å². The van der Waals surface area contributed by atoms with Crippen molar-refractivity contribution in [3.05, 3.63) is 57.1 Å². The number of hydrogen-bond donors (Lipinski definition) is 2. The number of non-ortho nitro benzene ring substituents is 1. The van der Waals surface area contributed by atoms with Crippen molar-refractivity contribution in [3.8, 4) is 11.5 Å². The molecule has 0 spiro atoms. The molecule has 1 heterocycles. The first-order valence-corrected chi connectivity index (χ1v) is 8.61. The van der Waals surface area contributed by atoms with E-state index in [-0.39, 0.29) is 39.6 Å². The molecule has 12 nitrogen and oxygen atoms in total. The summed E-state index contributed by atoms with van der Waals surface area (Å²) in [5, 5.41) is 22.6. The van der Waals surface area contributed by atoms with E-state index in [0.717, 1.165) is 24.3 Å². The number of hydrogen-bond acceptors (Lipinski definition) is 8. The van der Waals surface area contributed by atoms with Crippen molar-refractivity contribution in [3.63, 3.8) is 0 Å². The second-order valence-corrected chi connectivity index (χ2v) is 6.29. The highest BCUT2D eigenvalue weighted by Gasteiger charge is 2.38. The van der Waals surface area contributed by atoms with Gasteiger partial charge >= 0.3 is 5.97 Å². The van der Waals surface area contributed by atoms with E-state index in [1.807, 2.05) is 0 Å². The molecule has 2 aromatic rings. The standard InChI is InChI=1S/C19H15N3O9/c1-30-14-6-12(19(26)27)13(7-15(14)31-2)20-16(23)8-21-17(24)10-4-3-9(22(28)29)5-11(10)18(21)25/h3-7H,8H2,1-2H3,(H,20,23)(H,26,27). The second-order valence-electron chi connectivity index (χ2n) is 6.29. The number of nitrogens with zero attached hydrogens (tertiary/aromatic N) is 2. The van der Waals surface area contributed by atoms with Crippen LogP contribution in [0.4, 0.5) is 11.4 Å². The van der Waals surface area contributed by atoms with Crippen LogP contribution in [0.1, 0.15) is 31.1 Å². The fourth-order valence-electron chi connectivity index (χ4n) is 3.03. The Bertz CT molecular complexity index is 1140. The van der Waals surface area contributed by atoms with E-state index >= 15 is 0 Å². The van der Waals surface area contributed by atoms with E-state index in [0.29, 0.717) is 4.90 Å². The Labute approximate surface area is 174 Å². The molecule has 0 atom stereocenters. The molecule has 0 bridgehead atoms. The summed E-state index contributed by atoms with van der Waals surface area (Å²) in [5.74, 6) is -3.61. The van der Waals surface area contributed by atoms with Crippen LogP contribution in [0.15, 0.2) is 30.3 Å². The quantitative estimate of drug-likeness (QED) is 0.377. The minimum Gasteiger partial charge on any atom is -0.493 e. The van der Waals surface area contributed by atoms with Gasteiger partial charge in [0.25, 0.3) is 17.5 Å². The van der Waals surface area contributed by atoms with Gasteiger partial charge in [-0.05, 0) is 6.07 Å². The Hall–Kier alpha value is -4.48. The SMILES string of the molecule is COc1cc(NC(=O)CN2C(=O)c3ccc([N+](=O)[O-])cc3C2=O)c(C(=O)O)cc1OC. The van der Waals surface area contributed by atoms with E-state index in [4.69, 9.17) is 9.47 Å². The molecule has 3 rings (SSSR count). The largest absolute Gasteiger partial charge is 0.493 e. The monoisotopic (exact) mass is 429 g/mol. The van der Waals surface area contributed by atoms with Crippen molar-refractivity contribution in [2.24, 2.45) is 0 Å². The number of carboxylic acid groups (broad SMARTS) is 1. The van der Waals surface area contributed by atoms with Crippen LogP contribution in [0.25, 0.3) is 0 Å². The Kier molecular flexibility index (Phi) is 5.55. The van der Waals surface area contributed by atoms with E-state index in [2.05, 4.69) is 5.32 Å². The molecule has 0 saturated carbocycles. The van der Waals surface area contributed by atoms with E-state index in [1.165, 1.54) is 20.3 Å². The van der Waals surface area contributed by atoms with Gasteiger partial charge < -0.3 is 19.9 Å². The minimum atomic E-state index is -1.36. The second kappa shape index (κ2) is 8.10. The molecule has 0 aliphatic carbocycles. The van der Waals surface area contributed by atoms with Gasteiger partial charge in [-0.1, -0.05) is 0 Å². The zero-order valence-electron chi connectivity index (χ0n) is 16.2. The molecule has 0 unspecified atom stereocenters. The maximum Gasteiger partial charge on any atom is 0.337 e. The van der Waals surface area contributed by atoms with Crippen molar-refractivity contribution in [1.82, 2.24) is 4.90 Å². The summed E-state index contributed by atoms with van der Waals surface area (Å²) in [6.45, 7) is -0.729. The number of carbonyl (C=O) groups excluding carboxylic acids is 3. The Morgan fingerprint density at radius 1 is 1.06 bits per heavy atom. The van der Waals surface area contributed by atoms with Crippen LogP contribution in [0.5, 0.6) is 11.5 Å². The smallest absolute Gasteiger partial charge is 0.337 e. The van der Waals surface area contributed by atoms with E-state index < -0.39 is 35.2 Å². The minimum absolute atomic E-state index is 0.0688. The van der Waals surface area contributed by atoms with E-state index in [9.17, 15) is 34.4 Å². The first kappa shape index (κ1) is 21.2. The lowest BCUT2D eigenvalue weighted by atomic mass is 10.1. The van der Waals surface area contributed by atoms with Crippen molar-refractivity contribution in [2.45, 2.75) is 0 Å². The van der Waals surface area contributed by atoms with Crippen LogP contribution >= 0.6 is 0 Å². The molecule has 1 aliphatic heterocycles. The van der Waals surface area contributed by atoms with Crippen LogP contribution in [0.3, 0.4) is 0 Å². The lowest BCUT2D eigenvalue weighted by Gasteiger charge is -2.16. The maximum absolute atomic E-state index is 12.5. The van der Waals surface area contributed by atoms with Gasteiger partial charge in [0.1, 0.15) is 6.54 Å². The number of rotatable bonds is 7. The number of benzene rings is 2. The molecule has 12 heteroatoms. The number of aromatic carboxylic acids is 1. The predicted octanol–water partition coefficient (Wildman–Crippen LogP) is 1.54. The fourth-order valence-corrected chi connectivity index (χ4v) is 3.03. The number of anilines is 1. The number of nitro benzene ring substituents is 1. The van der Waals surface area contributed by atoms with Crippen molar-refractivity contribution in [2.75, 3.05) is 26.1 Å². The number of nitrogens with one attached hydrogen (secondary N) is 1. The van der Waals surface area contributed by atoms with Crippen LogP contribution in [-0.2, 0) is 4.79 Å². The average molecular weight is 429 g/mol. The van der Waals surface area contributed by atoms with Gasteiger partial charge in [-0.2, -0.15) is 0 Å². The molecule has 0 saturated heterocycles. The summed E-state index contributed by atoms with van der Waals surface area (Å²) in [6, 6.07) is 5.56. The molecule has 2 N–H and O–H groups in total. The summed E-state index contributed by atoms with van der Waals surface area (Å²) in [5.41, 5.74) is -1.07. The van der Waals surface area contributed by atoms with Gasteiger partial charge in [0, 0.05) is 24.3 Å². The third-order valence-corrected chi connectivity index (χ3v) is 4.50. The van der Waals surface area contributed by atoms with Crippen LogP contribution < -0.4 is 14.8 Å². The normalized spacial score (nSPS) is 12.4. The summed E-state index contributed by atoms with van der Waals surface area (Å²) < 4.78 is 10.1. The first-order chi connectivity index (χ1) is 14.7. The summed E-state index contributed by atoms with van der Waals surface area (Å²) in [6.07, 6.45) is 0. The zero-order chi connectivity index (χ0) is 22.9. The number of imide groups is 1. The first-order valence-electron chi connectivity index (χ1n) is 8.61. The highest BCUT2D eigenvalue weighted by atomic mass is 16.6. The fraction of sp³-hybridized carbons (Fsp3) is 0.158. The van der Waals surface area contributed by atoms with E-state index in [1.54, 1.807) is 0 Å². The molecule has 2 aromatic carbocycles. The van der Waals surface area contributed by atoms with Gasteiger partial charge in [-0.3, -0.25) is 29.4 Å². The van der Waals surface area contributed by atoms with Gasteiger partial charge in [0.15, 0.2) is 11.5 Å². The number of carbonyl (C=O) groups is 4. The molecule has 31 heavy (non-hydrogen) atoms. The number of ether oxygens (including phenoxy) is 2. The Balaban J connectivity index is 1.84. The van der Waals surface area contributed by atoms with Crippen molar-refractivity contribution < 1.29 is 38.7 Å². The number of nitro groups is 1. The topological polar surface area (TPSA) is 165 Å². The molecule has 0 aromatic heterocycles. The van der Waals surface area contributed by atoms with Crippen molar-refractivity contribution in [1.29, 1.82) is 0 Å². The number of methoxy groups -OCH3 is 2. The molecule has 160 valence electrons. The summed E-state index contributed by atoms with van der Waals surface area (Å²) in [7, 11) is 2.64. The third-order valence-electron chi connectivity index (χ3n) is 4.50. The molecule has 0 fully saturated rings. The predicted molar refractivity (Wildman–Crippen MR) is 104 cm³/mol. The van der Waals surface area contributed by atoms with Crippen LogP contribution in [0, 0.1) is 10.1 Å². The number of fused-ring (bicyclic) bond motifs is 1. The molecule has 3 amide bonds. The summed E-state index contributed by atoms with van der Waals surface area (Å²) in [4.78, 5) is 59.8. The van der Waals surface area contributed by atoms with Crippen LogP contribution in [-0.4, -0.2) is 59.4 Å². The van der Waals surface area contributed by atoms with Crippen LogP contribution in [0.2, 0.25) is 0 Å². The van der Waals surface area contributed by atoms with Gasteiger partial charge in [0.2, 0.25) is 5.91 Å². The lowest BCUT2D eigenvalue weighted by Crippen LogP contribution is -2.37. The molecular formula is C19H15N3O9. The maximum atomic E-state index is 12.5. The average Bonchev–Trinajstić information content (AvgIpc) is 2.97. The molecule has 1 aliphatic rings. The highest BCUT2D eigenvalue weighted by molar-refractivity contribution is 6.23. The lowest BCUT2D eigenvalue weighted by molar-refractivity contribution is -0.384. The third kappa shape index (κ3) is 3.85. The summed E-state index contributed by atoms with van der Waals surface area (Å²) >= 11 is 0.